The smallest absolute Gasteiger partial charge is 0.136 e. The third-order valence-corrected chi connectivity index (χ3v) is 5.53. The number of fused-ring (bicyclic) bond motifs is 2. The highest BCUT2D eigenvalue weighted by molar-refractivity contribution is 5.39. The zero-order chi connectivity index (χ0) is 15.9. The third-order valence-electron chi connectivity index (χ3n) is 5.53. The van der Waals surface area contributed by atoms with Gasteiger partial charge in [-0.05, 0) is 57.2 Å². The second kappa shape index (κ2) is 5.74. The summed E-state index contributed by atoms with van der Waals surface area (Å²) in [4.78, 5) is 15.6. The van der Waals surface area contributed by atoms with Gasteiger partial charge in [-0.25, -0.2) is 9.97 Å². The van der Waals surface area contributed by atoms with E-state index in [1.807, 2.05) is 6.20 Å². The zero-order valence-electron chi connectivity index (χ0n) is 13.9. The van der Waals surface area contributed by atoms with Gasteiger partial charge in [0.05, 0.1) is 11.7 Å². The van der Waals surface area contributed by atoms with E-state index in [2.05, 4.69) is 43.7 Å². The molecule has 5 nitrogen and oxygen atoms in total. The Labute approximate surface area is 141 Å². The molecule has 1 aliphatic heterocycles. The van der Waals surface area contributed by atoms with Gasteiger partial charge in [-0.3, -0.25) is 4.90 Å². The molecule has 1 atom stereocenters. The van der Waals surface area contributed by atoms with Crippen LogP contribution in [0.15, 0.2) is 30.6 Å². The summed E-state index contributed by atoms with van der Waals surface area (Å²) in [7, 11) is 0. The fraction of sp³-hybridized carbons (Fsp3) is 0.474. The van der Waals surface area contributed by atoms with E-state index < -0.39 is 0 Å². The molecule has 0 unspecified atom stereocenters. The molecule has 0 aromatic carbocycles. The molecule has 0 amide bonds. The monoisotopic (exact) mass is 321 g/mol. The lowest BCUT2D eigenvalue weighted by Gasteiger charge is -2.23. The van der Waals surface area contributed by atoms with Crippen LogP contribution in [-0.4, -0.2) is 30.8 Å². The van der Waals surface area contributed by atoms with Crippen molar-refractivity contribution in [2.45, 2.75) is 51.1 Å². The minimum atomic E-state index is 0.425. The van der Waals surface area contributed by atoms with Gasteiger partial charge in [-0.1, -0.05) is 6.07 Å². The molecule has 1 aliphatic carbocycles. The number of nitrogens with zero attached hydrogens (tertiary/aromatic N) is 4. The molecule has 5 rings (SSSR count). The summed E-state index contributed by atoms with van der Waals surface area (Å²) < 4.78 is 2.20. The first kappa shape index (κ1) is 14.2. The summed E-state index contributed by atoms with van der Waals surface area (Å²) in [5, 5.41) is 0. The first-order valence-corrected chi connectivity index (χ1v) is 9.11. The van der Waals surface area contributed by atoms with Gasteiger partial charge in [-0.15, -0.1) is 0 Å². The predicted molar refractivity (Wildman–Crippen MR) is 92.8 cm³/mol. The molecule has 24 heavy (non-hydrogen) atoms. The molecular weight excluding hydrogens is 298 g/mol. The summed E-state index contributed by atoms with van der Waals surface area (Å²) in [6.45, 7) is 2.09. The van der Waals surface area contributed by atoms with E-state index in [0.29, 0.717) is 6.04 Å². The normalized spacial score (nSPS) is 21.4. The maximum atomic E-state index is 4.96. The summed E-state index contributed by atoms with van der Waals surface area (Å²) in [5.74, 6) is 1.19. The average Bonchev–Trinajstić information content (AvgIpc) is 3.33. The number of hydrogen-bond acceptors (Lipinski definition) is 3. The van der Waals surface area contributed by atoms with Crippen molar-refractivity contribution in [1.82, 2.24) is 24.3 Å². The highest BCUT2D eigenvalue weighted by Gasteiger charge is 2.30. The van der Waals surface area contributed by atoms with Crippen molar-refractivity contribution in [2.24, 2.45) is 0 Å². The van der Waals surface area contributed by atoms with Crippen molar-refractivity contribution in [3.63, 3.8) is 0 Å². The van der Waals surface area contributed by atoms with Crippen LogP contribution < -0.4 is 0 Å². The number of aromatic amines is 1. The molecule has 0 bridgehead atoms. The largest absolute Gasteiger partial charge is 0.344 e. The molecule has 2 aliphatic rings. The number of rotatable bonds is 3. The standard InChI is InChI=1S/C19H23N5/c1-2-7-16-15(6-1)21-19(22-16)17-8-4-11-23(17)13-14-5-3-9-18-20-10-12-24(14)18/h3,5,9-10,12,17H,1-2,4,6-8,11,13H2,(H,21,22)/t17-/m0/s1. The summed E-state index contributed by atoms with van der Waals surface area (Å²) in [5.41, 5.74) is 5.03. The molecule has 4 heterocycles. The molecule has 3 aromatic heterocycles. The van der Waals surface area contributed by atoms with Crippen molar-refractivity contribution >= 4 is 5.65 Å². The number of pyridine rings is 1. The van der Waals surface area contributed by atoms with E-state index in [1.54, 1.807) is 0 Å². The number of nitrogens with one attached hydrogen (secondary N) is 1. The van der Waals surface area contributed by atoms with Crippen molar-refractivity contribution in [3.05, 3.63) is 53.5 Å². The predicted octanol–water partition coefficient (Wildman–Crippen LogP) is 3.27. The fourth-order valence-electron chi connectivity index (χ4n) is 4.30. The van der Waals surface area contributed by atoms with Crippen LogP contribution in [0.2, 0.25) is 0 Å². The van der Waals surface area contributed by atoms with Crippen molar-refractivity contribution in [3.8, 4) is 0 Å². The second-order valence-corrected chi connectivity index (χ2v) is 7.06. The number of aryl methyl sites for hydroxylation is 2. The zero-order valence-corrected chi connectivity index (χ0v) is 13.9. The van der Waals surface area contributed by atoms with Crippen molar-refractivity contribution in [2.75, 3.05) is 6.54 Å². The van der Waals surface area contributed by atoms with E-state index in [0.717, 1.165) is 25.2 Å². The molecule has 1 fully saturated rings. The highest BCUT2D eigenvalue weighted by atomic mass is 15.2. The third kappa shape index (κ3) is 2.35. The quantitative estimate of drug-likeness (QED) is 0.805. The van der Waals surface area contributed by atoms with Gasteiger partial charge in [0.15, 0.2) is 0 Å². The number of likely N-dealkylation sites (tertiary alicyclic amines) is 1. The molecule has 0 radical (unpaired) electrons. The fourth-order valence-corrected chi connectivity index (χ4v) is 4.30. The Bertz CT molecular complexity index is 838. The summed E-state index contributed by atoms with van der Waals surface area (Å²) in [6, 6.07) is 6.80. The SMILES string of the molecule is c1cc(CN2CCC[C@H]2c2nc3c([nH]2)CCCC3)n2ccnc2c1. The highest BCUT2D eigenvalue weighted by Crippen LogP contribution is 2.33. The topological polar surface area (TPSA) is 49.2 Å². The van der Waals surface area contributed by atoms with Crippen LogP contribution in [0.5, 0.6) is 0 Å². The van der Waals surface area contributed by atoms with E-state index in [9.17, 15) is 0 Å². The van der Waals surface area contributed by atoms with Gasteiger partial charge >= 0.3 is 0 Å². The van der Waals surface area contributed by atoms with Crippen LogP contribution in [0.3, 0.4) is 0 Å². The molecule has 5 heteroatoms. The Morgan fingerprint density at radius 3 is 3.08 bits per heavy atom. The van der Waals surface area contributed by atoms with E-state index in [4.69, 9.17) is 4.98 Å². The Morgan fingerprint density at radius 2 is 2.12 bits per heavy atom. The van der Waals surface area contributed by atoms with Gasteiger partial charge in [0.2, 0.25) is 0 Å². The lowest BCUT2D eigenvalue weighted by atomic mass is 10.0. The number of hydrogen-bond donors (Lipinski definition) is 1. The molecule has 124 valence electrons. The van der Waals surface area contributed by atoms with Crippen LogP contribution in [-0.2, 0) is 19.4 Å². The maximum absolute atomic E-state index is 4.96. The molecule has 0 spiro atoms. The van der Waals surface area contributed by atoms with Gasteiger partial charge in [0.25, 0.3) is 0 Å². The Balaban J connectivity index is 1.43. The van der Waals surface area contributed by atoms with Crippen molar-refractivity contribution < 1.29 is 0 Å². The molecule has 3 aromatic rings. The number of H-pyrrole nitrogens is 1. The van der Waals surface area contributed by atoms with Gasteiger partial charge in [0.1, 0.15) is 11.5 Å². The average molecular weight is 321 g/mol. The summed E-state index contributed by atoms with van der Waals surface area (Å²) >= 11 is 0. The van der Waals surface area contributed by atoms with E-state index in [-0.39, 0.29) is 0 Å². The molecular formula is C19H23N5. The first-order valence-electron chi connectivity index (χ1n) is 9.11. The number of imidazole rings is 2. The van der Waals surface area contributed by atoms with Gasteiger partial charge in [-0.2, -0.15) is 0 Å². The Kier molecular flexibility index (Phi) is 3.40. The Hall–Kier alpha value is -2.14. The van der Waals surface area contributed by atoms with E-state index >= 15 is 0 Å². The van der Waals surface area contributed by atoms with Crippen LogP contribution >= 0.6 is 0 Å². The molecule has 1 N–H and O–H groups in total. The van der Waals surface area contributed by atoms with Crippen molar-refractivity contribution in [1.29, 1.82) is 0 Å². The lowest BCUT2D eigenvalue weighted by molar-refractivity contribution is 0.237. The van der Waals surface area contributed by atoms with E-state index in [1.165, 1.54) is 55.0 Å². The first-order chi connectivity index (χ1) is 11.9. The van der Waals surface area contributed by atoms with Gasteiger partial charge < -0.3 is 9.38 Å². The van der Waals surface area contributed by atoms with Crippen LogP contribution in [0.1, 0.15) is 54.6 Å². The number of aromatic nitrogens is 4. The summed E-state index contributed by atoms with van der Waals surface area (Å²) in [6.07, 6.45) is 11.3. The van der Waals surface area contributed by atoms with Crippen LogP contribution in [0.4, 0.5) is 0 Å². The second-order valence-electron chi connectivity index (χ2n) is 7.06. The van der Waals surface area contributed by atoms with Gasteiger partial charge in [0, 0.05) is 30.3 Å². The minimum absolute atomic E-state index is 0.425. The van der Waals surface area contributed by atoms with Crippen LogP contribution in [0, 0.1) is 0 Å². The maximum Gasteiger partial charge on any atom is 0.136 e. The lowest BCUT2D eigenvalue weighted by Crippen LogP contribution is -2.24. The minimum Gasteiger partial charge on any atom is -0.344 e. The Morgan fingerprint density at radius 1 is 1.17 bits per heavy atom. The molecule has 0 saturated carbocycles. The molecule has 1 saturated heterocycles. The van der Waals surface area contributed by atoms with Crippen LogP contribution in [0.25, 0.3) is 5.65 Å².